The summed E-state index contributed by atoms with van der Waals surface area (Å²) in [7, 11) is 0. The lowest BCUT2D eigenvalue weighted by molar-refractivity contribution is 0.585. The molecule has 0 unspecified atom stereocenters. The number of hydrogen-bond donors (Lipinski definition) is 2. The number of nitrogens with one attached hydrogen (secondary N) is 2. The summed E-state index contributed by atoms with van der Waals surface area (Å²) >= 11 is 6.43. The lowest BCUT2D eigenvalue weighted by atomic mass is 10.0. The van der Waals surface area contributed by atoms with Crippen LogP contribution >= 0.6 is 11.6 Å². The number of aromatic nitrogens is 3. The third-order valence-corrected chi connectivity index (χ3v) is 5.55. The predicted molar refractivity (Wildman–Crippen MR) is 123 cm³/mol. The van der Waals surface area contributed by atoms with Gasteiger partial charge in [-0.05, 0) is 18.2 Å². The Kier molecular flexibility index (Phi) is 5.17. The van der Waals surface area contributed by atoms with E-state index in [0.717, 1.165) is 59.7 Å². The zero-order valence-electron chi connectivity index (χ0n) is 16.3. The number of halogens is 1. The molecular weight excluding hydrogens is 396 g/mol. The summed E-state index contributed by atoms with van der Waals surface area (Å²) < 4.78 is 0. The molecule has 30 heavy (non-hydrogen) atoms. The minimum atomic E-state index is 0.527. The van der Waals surface area contributed by atoms with E-state index in [9.17, 15) is 0 Å². The summed E-state index contributed by atoms with van der Waals surface area (Å²) in [5.74, 6) is 1.52. The van der Waals surface area contributed by atoms with Crippen LogP contribution in [0.25, 0.3) is 22.0 Å². The van der Waals surface area contributed by atoms with Crippen molar-refractivity contribution in [2.45, 2.75) is 0 Å². The molecule has 7 heteroatoms. The van der Waals surface area contributed by atoms with Gasteiger partial charge in [0.2, 0.25) is 5.95 Å². The van der Waals surface area contributed by atoms with Gasteiger partial charge in [-0.15, -0.1) is 0 Å². The molecule has 0 spiro atoms. The molecule has 4 aromatic rings. The summed E-state index contributed by atoms with van der Waals surface area (Å²) in [6, 6.07) is 17.9. The zero-order chi connectivity index (χ0) is 20.3. The van der Waals surface area contributed by atoms with Gasteiger partial charge in [-0.3, -0.25) is 0 Å². The van der Waals surface area contributed by atoms with E-state index in [0.29, 0.717) is 11.0 Å². The number of para-hydroxylation sites is 1. The maximum atomic E-state index is 6.43. The second-order valence-electron chi connectivity index (χ2n) is 7.18. The Morgan fingerprint density at radius 3 is 2.50 bits per heavy atom. The van der Waals surface area contributed by atoms with E-state index < -0.39 is 0 Å². The fourth-order valence-corrected chi connectivity index (χ4v) is 3.92. The molecule has 2 aromatic carbocycles. The van der Waals surface area contributed by atoms with E-state index in [1.165, 1.54) is 0 Å². The average Bonchev–Trinajstić information content (AvgIpc) is 2.80. The molecule has 2 aromatic heterocycles. The molecule has 3 heterocycles. The Morgan fingerprint density at radius 2 is 1.70 bits per heavy atom. The summed E-state index contributed by atoms with van der Waals surface area (Å²) in [5.41, 5.74) is 3.64. The molecule has 5 rings (SSSR count). The van der Waals surface area contributed by atoms with Crippen LogP contribution in [0.2, 0.25) is 5.02 Å². The van der Waals surface area contributed by atoms with Crippen molar-refractivity contribution in [2.75, 3.05) is 36.4 Å². The van der Waals surface area contributed by atoms with Gasteiger partial charge in [-0.2, -0.15) is 0 Å². The van der Waals surface area contributed by atoms with E-state index in [1.807, 2.05) is 67.0 Å². The number of benzene rings is 2. The van der Waals surface area contributed by atoms with E-state index in [1.54, 1.807) is 0 Å². The van der Waals surface area contributed by atoms with Gasteiger partial charge in [0.25, 0.3) is 0 Å². The van der Waals surface area contributed by atoms with Gasteiger partial charge in [0.05, 0.1) is 17.4 Å². The molecule has 0 atom stereocenters. The maximum absolute atomic E-state index is 6.43. The van der Waals surface area contributed by atoms with Crippen LogP contribution in [0.4, 0.5) is 17.5 Å². The molecule has 1 aliphatic heterocycles. The highest BCUT2D eigenvalue weighted by atomic mass is 35.5. The summed E-state index contributed by atoms with van der Waals surface area (Å²) in [4.78, 5) is 16.1. The number of hydrogen-bond acceptors (Lipinski definition) is 6. The molecule has 0 aliphatic carbocycles. The van der Waals surface area contributed by atoms with Crippen LogP contribution in [0.1, 0.15) is 0 Å². The van der Waals surface area contributed by atoms with Crippen molar-refractivity contribution in [3.63, 3.8) is 0 Å². The number of rotatable bonds is 4. The largest absolute Gasteiger partial charge is 0.354 e. The Bertz CT molecular complexity index is 1170. The predicted octanol–water partition coefficient (Wildman–Crippen LogP) is 4.50. The molecule has 1 aliphatic rings. The van der Waals surface area contributed by atoms with Crippen molar-refractivity contribution in [1.82, 2.24) is 20.3 Å². The molecule has 2 N–H and O–H groups in total. The molecule has 0 bridgehead atoms. The van der Waals surface area contributed by atoms with E-state index in [4.69, 9.17) is 16.6 Å². The summed E-state index contributed by atoms with van der Waals surface area (Å²) in [5, 5.41) is 8.29. The Balaban J connectivity index is 1.44. The Labute approximate surface area is 180 Å². The molecule has 0 amide bonds. The average molecular weight is 417 g/mol. The monoisotopic (exact) mass is 416 g/mol. The standard InChI is InChI=1S/C23H21ClN6/c24-20-7-2-1-5-18(20)19-6-3-4-16-14-27-23(29-22(16)19)28-17-8-9-21(26-15-17)30-12-10-25-11-13-30/h1-9,14-15,25H,10-13H2,(H,27,28,29). The van der Waals surface area contributed by atoms with Crippen LogP contribution in [-0.2, 0) is 0 Å². The van der Waals surface area contributed by atoms with E-state index in [2.05, 4.69) is 25.5 Å². The van der Waals surface area contributed by atoms with Gasteiger partial charge >= 0.3 is 0 Å². The molecule has 0 saturated carbocycles. The van der Waals surface area contributed by atoms with Crippen LogP contribution in [0.15, 0.2) is 67.0 Å². The first kappa shape index (κ1) is 18.8. The third-order valence-electron chi connectivity index (χ3n) is 5.22. The lowest BCUT2D eigenvalue weighted by Gasteiger charge is -2.28. The van der Waals surface area contributed by atoms with Gasteiger partial charge in [-0.1, -0.05) is 48.0 Å². The van der Waals surface area contributed by atoms with Gasteiger partial charge < -0.3 is 15.5 Å². The summed E-state index contributed by atoms with van der Waals surface area (Å²) in [6.45, 7) is 3.91. The highest BCUT2D eigenvalue weighted by molar-refractivity contribution is 6.33. The Morgan fingerprint density at radius 1 is 0.867 bits per heavy atom. The second kappa shape index (κ2) is 8.26. The third kappa shape index (κ3) is 3.79. The molecule has 6 nitrogen and oxygen atoms in total. The number of anilines is 3. The Hall–Kier alpha value is -3.22. The molecular formula is C23H21ClN6. The topological polar surface area (TPSA) is 66.0 Å². The highest BCUT2D eigenvalue weighted by Gasteiger charge is 2.12. The molecule has 1 saturated heterocycles. The first-order chi connectivity index (χ1) is 14.8. The fourth-order valence-electron chi connectivity index (χ4n) is 3.68. The maximum Gasteiger partial charge on any atom is 0.227 e. The molecule has 0 radical (unpaired) electrons. The SMILES string of the molecule is Clc1ccccc1-c1cccc2cnc(Nc3ccc(N4CCNCC4)nc3)nc12. The smallest absolute Gasteiger partial charge is 0.227 e. The number of fused-ring (bicyclic) bond motifs is 1. The molecule has 150 valence electrons. The number of pyridine rings is 1. The first-order valence-corrected chi connectivity index (χ1v) is 10.4. The van der Waals surface area contributed by atoms with Crippen molar-refractivity contribution in [2.24, 2.45) is 0 Å². The highest BCUT2D eigenvalue weighted by Crippen LogP contribution is 2.32. The van der Waals surface area contributed by atoms with Crippen LogP contribution in [-0.4, -0.2) is 41.1 Å². The van der Waals surface area contributed by atoms with Gasteiger partial charge in [0.15, 0.2) is 0 Å². The van der Waals surface area contributed by atoms with Crippen LogP contribution in [0, 0.1) is 0 Å². The van der Waals surface area contributed by atoms with Crippen molar-refractivity contribution >= 4 is 40.0 Å². The van der Waals surface area contributed by atoms with Gasteiger partial charge in [0, 0.05) is 53.9 Å². The summed E-state index contributed by atoms with van der Waals surface area (Å²) in [6.07, 6.45) is 3.65. The van der Waals surface area contributed by atoms with Gasteiger partial charge in [0.1, 0.15) is 5.82 Å². The van der Waals surface area contributed by atoms with Crippen LogP contribution in [0.3, 0.4) is 0 Å². The lowest BCUT2D eigenvalue weighted by Crippen LogP contribution is -2.43. The van der Waals surface area contributed by atoms with Crippen molar-refractivity contribution in [3.05, 3.63) is 72.0 Å². The van der Waals surface area contributed by atoms with E-state index in [-0.39, 0.29) is 0 Å². The van der Waals surface area contributed by atoms with E-state index >= 15 is 0 Å². The zero-order valence-corrected chi connectivity index (χ0v) is 17.1. The van der Waals surface area contributed by atoms with Crippen molar-refractivity contribution in [1.29, 1.82) is 0 Å². The minimum Gasteiger partial charge on any atom is -0.354 e. The fraction of sp³-hybridized carbons (Fsp3) is 0.174. The number of piperazine rings is 1. The quantitative estimate of drug-likeness (QED) is 0.510. The normalized spacial score (nSPS) is 14.1. The van der Waals surface area contributed by atoms with Crippen LogP contribution < -0.4 is 15.5 Å². The minimum absolute atomic E-state index is 0.527. The van der Waals surface area contributed by atoms with Crippen molar-refractivity contribution < 1.29 is 0 Å². The van der Waals surface area contributed by atoms with Gasteiger partial charge in [-0.25, -0.2) is 15.0 Å². The number of nitrogens with zero attached hydrogens (tertiary/aromatic N) is 4. The second-order valence-corrected chi connectivity index (χ2v) is 7.59. The first-order valence-electron chi connectivity index (χ1n) is 9.97. The van der Waals surface area contributed by atoms with Crippen molar-refractivity contribution in [3.8, 4) is 11.1 Å². The van der Waals surface area contributed by atoms with Crippen LogP contribution in [0.5, 0.6) is 0 Å². The molecule has 1 fully saturated rings.